The highest BCUT2D eigenvalue weighted by molar-refractivity contribution is 6.23. The minimum atomic E-state index is -1.03. The van der Waals surface area contributed by atoms with E-state index in [1.807, 2.05) is 19.1 Å². The first-order valence-electron chi connectivity index (χ1n) is 7.00. The lowest BCUT2D eigenvalue weighted by molar-refractivity contribution is -0.128. The van der Waals surface area contributed by atoms with Crippen LogP contribution in [0.15, 0.2) is 36.4 Å². The predicted molar refractivity (Wildman–Crippen MR) is 74.5 cm³/mol. The largest absolute Gasteiger partial charge is 0.393 e. The zero-order chi connectivity index (χ0) is 14.8. The van der Waals surface area contributed by atoms with Gasteiger partial charge in [0.1, 0.15) is 5.60 Å². The minimum Gasteiger partial charge on any atom is -0.393 e. The number of imide groups is 1. The maximum Gasteiger partial charge on any atom is 0.241 e. The van der Waals surface area contributed by atoms with E-state index in [-0.39, 0.29) is 18.4 Å². The van der Waals surface area contributed by atoms with Crippen LogP contribution in [0.2, 0.25) is 0 Å². The Balaban J connectivity index is 1.77. The number of anilines is 1. The lowest BCUT2D eigenvalue weighted by Crippen LogP contribution is -2.43. The summed E-state index contributed by atoms with van der Waals surface area (Å²) >= 11 is 0. The molecule has 2 saturated heterocycles. The number of aryl methyl sites for hydroxylation is 1. The normalized spacial score (nSPS) is 36.7. The zero-order valence-corrected chi connectivity index (χ0v) is 11.5. The molecule has 3 heterocycles. The Labute approximate surface area is 121 Å². The highest BCUT2D eigenvalue weighted by atomic mass is 16.5. The minimum absolute atomic E-state index is 0.237. The van der Waals surface area contributed by atoms with Crippen LogP contribution < -0.4 is 4.90 Å². The van der Waals surface area contributed by atoms with Gasteiger partial charge in [-0.2, -0.15) is 0 Å². The van der Waals surface area contributed by atoms with Gasteiger partial charge in [0, 0.05) is 0 Å². The first-order chi connectivity index (χ1) is 10.1. The lowest BCUT2D eigenvalue weighted by atomic mass is 9.77. The zero-order valence-electron chi connectivity index (χ0n) is 11.5. The van der Waals surface area contributed by atoms with Gasteiger partial charge >= 0.3 is 0 Å². The summed E-state index contributed by atoms with van der Waals surface area (Å²) in [5.41, 5.74) is 0.619. The Morgan fingerprint density at radius 3 is 2.62 bits per heavy atom. The molecule has 2 amide bonds. The predicted octanol–water partition coefficient (Wildman–Crippen LogP) is 0.800. The number of nitrogens with zero attached hydrogens (tertiary/aromatic N) is 1. The molecule has 0 aromatic heterocycles. The third-order valence-electron chi connectivity index (χ3n) is 4.69. The van der Waals surface area contributed by atoms with Crippen LogP contribution in [0.3, 0.4) is 0 Å². The fourth-order valence-corrected chi connectivity index (χ4v) is 3.63. The molecule has 4 atom stereocenters. The summed E-state index contributed by atoms with van der Waals surface area (Å²) in [4.78, 5) is 26.6. The van der Waals surface area contributed by atoms with E-state index < -0.39 is 23.5 Å². The van der Waals surface area contributed by atoms with Gasteiger partial charge in [0.2, 0.25) is 11.8 Å². The molecule has 5 nitrogen and oxygen atoms in total. The number of hydrogen-bond acceptors (Lipinski definition) is 4. The van der Waals surface area contributed by atoms with Crippen molar-refractivity contribution in [3.05, 3.63) is 42.0 Å². The van der Waals surface area contributed by atoms with Crippen LogP contribution in [0.25, 0.3) is 0 Å². The number of fused-ring (bicyclic) bond motifs is 5. The summed E-state index contributed by atoms with van der Waals surface area (Å²) in [6.45, 7) is 1.66. The van der Waals surface area contributed by atoms with E-state index in [9.17, 15) is 14.7 Å². The van der Waals surface area contributed by atoms with Gasteiger partial charge in [0.15, 0.2) is 0 Å². The van der Waals surface area contributed by atoms with Crippen LogP contribution >= 0.6 is 0 Å². The van der Waals surface area contributed by atoms with Gasteiger partial charge in [-0.25, -0.2) is 4.90 Å². The van der Waals surface area contributed by atoms with E-state index in [4.69, 9.17) is 4.74 Å². The van der Waals surface area contributed by atoms with Gasteiger partial charge in [-0.05, 0) is 19.1 Å². The number of carbonyl (C=O) groups is 2. The molecule has 0 unspecified atom stereocenters. The maximum atomic E-state index is 12.7. The van der Waals surface area contributed by atoms with E-state index in [0.29, 0.717) is 5.69 Å². The number of carbonyl (C=O) groups excluding carboxylic acids is 2. The molecule has 1 aromatic carbocycles. The molecule has 2 fully saturated rings. The summed E-state index contributed by atoms with van der Waals surface area (Å²) in [6.07, 6.45) is 3.10. The smallest absolute Gasteiger partial charge is 0.241 e. The number of amides is 2. The van der Waals surface area contributed by atoms with Crippen LogP contribution in [0.5, 0.6) is 0 Å². The van der Waals surface area contributed by atoms with Crippen molar-refractivity contribution >= 4 is 17.5 Å². The van der Waals surface area contributed by atoms with Crippen LogP contribution in [-0.2, 0) is 14.3 Å². The quantitative estimate of drug-likeness (QED) is 0.645. The van der Waals surface area contributed by atoms with Crippen molar-refractivity contribution in [1.82, 2.24) is 0 Å². The van der Waals surface area contributed by atoms with Crippen molar-refractivity contribution in [3.8, 4) is 0 Å². The second-order valence-electron chi connectivity index (χ2n) is 5.91. The summed E-state index contributed by atoms with van der Waals surface area (Å²) in [6, 6.07) is 7.28. The molecule has 1 N–H and O–H groups in total. The third-order valence-corrected chi connectivity index (χ3v) is 4.69. The highest BCUT2D eigenvalue weighted by Gasteiger charge is 2.67. The average Bonchev–Trinajstić information content (AvgIpc) is 3.12. The van der Waals surface area contributed by atoms with Crippen LogP contribution in [0.1, 0.15) is 5.56 Å². The maximum absolute atomic E-state index is 12.7. The molecule has 3 aliphatic rings. The fourth-order valence-electron chi connectivity index (χ4n) is 3.63. The number of ether oxygens (including phenoxy) is 1. The van der Waals surface area contributed by atoms with Crippen LogP contribution in [-0.4, -0.2) is 35.2 Å². The topological polar surface area (TPSA) is 66.8 Å². The SMILES string of the molecule is Cc1ccc(N2C(=O)[C@@H]3[C@@H](C2=O)[C@]2(CO)C=C[C@H]3O2)cc1. The standard InChI is InChI=1S/C16H15NO4/c1-9-2-4-10(5-3-9)17-14(19)12-11-6-7-16(8-18,21-11)13(12)15(17)20/h2-7,11-13,18H,8H2,1H3/t11-,12+,13+,16-/m1/s1. The van der Waals surface area contributed by atoms with Crippen LogP contribution in [0, 0.1) is 18.8 Å². The average molecular weight is 285 g/mol. The Morgan fingerprint density at radius 2 is 1.95 bits per heavy atom. The van der Waals surface area contributed by atoms with Gasteiger partial charge < -0.3 is 9.84 Å². The molecule has 0 spiro atoms. The summed E-state index contributed by atoms with van der Waals surface area (Å²) in [5.74, 6) is -1.66. The van der Waals surface area contributed by atoms with Gasteiger partial charge in [-0.15, -0.1) is 0 Å². The van der Waals surface area contributed by atoms with Gasteiger partial charge in [-0.1, -0.05) is 29.8 Å². The van der Waals surface area contributed by atoms with Crippen molar-refractivity contribution in [3.63, 3.8) is 0 Å². The Hall–Kier alpha value is -1.98. The fraction of sp³-hybridized carbons (Fsp3) is 0.375. The second kappa shape index (κ2) is 4.02. The molecule has 4 rings (SSSR count). The van der Waals surface area contributed by atoms with E-state index in [2.05, 4.69) is 0 Å². The molecule has 2 bridgehead atoms. The molecular weight excluding hydrogens is 270 g/mol. The van der Waals surface area contributed by atoms with Crippen molar-refractivity contribution < 1.29 is 19.4 Å². The van der Waals surface area contributed by atoms with Crippen molar-refractivity contribution in [1.29, 1.82) is 0 Å². The molecule has 0 aliphatic carbocycles. The summed E-state index contributed by atoms with van der Waals surface area (Å²) in [5, 5.41) is 9.63. The Bertz CT molecular complexity index is 665. The van der Waals surface area contributed by atoms with E-state index in [1.54, 1.807) is 24.3 Å². The Kier molecular flexibility index (Phi) is 2.44. The first-order valence-corrected chi connectivity index (χ1v) is 7.00. The number of aliphatic hydroxyl groups excluding tert-OH is 1. The van der Waals surface area contributed by atoms with E-state index in [1.165, 1.54) is 4.90 Å². The van der Waals surface area contributed by atoms with Crippen molar-refractivity contribution in [2.45, 2.75) is 18.6 Å². The molecule has 21 heavy (non-hydrogen) atoms. The van der Waals surface area contributed by atoms with Crippen LogP contribution in [0.4, 0.5) is 5.69 Å². The summed E-state index contributed by atoms with van der Waals surface area (Å²) < 4.78 is 5.69. The molecule has 108 valence electrons. The second-order valence-corrected chi connectivity index (χ2v) is 5.91. The van der Waals surface area contributed by atoms with Gasteiger partial charge in [-0.3, -0.25) is 9.59 Å². The monoisotopic (exact) mass is 285 g/mol. The van der Waals surface area contributed by atoms with Crippen molar-refractivity contribution in [2.75, 3.05) is 11.5 Å². The molecule has 0 saturated carbocycles. The lowest BCUT2D eigenvalue weighted by Gasteiger charge is -2.26. The van der Waals surface area contributed by atoms with Gasteiger partial charge in [0.25, 0.3) is 0 Å². The van der Waals surface area contributed by atoms with E-state index >= 15 is 0 Å². The molecule has 1 aromatic rings. The molecule has 5 heteroatoms. The number of rotatable bonds is 2. The summed E-state index contributed by atoms with van der Waals surface area (Å²) in [7, 11) is 0. The molecular formula is C16H15NO4. The third kappa shape index (κ3) is 1.47. The van der Waals surface area contributed by atoms with E-state index in [0.717, 1.165) is 5.56 Å². The number of hydrogen-bond donors (Lipinski definition) is 1. The molecule has 0 radical (unpaired) electrons. The highest BCUT2D eigenvalue weighted by Crippen LogP contribution is 2.52. The first kappa shape index (κ1) is 12.7. The number of aliphatic hydroxyl groups is 1. The molecule has 3 aliphatic heterocycles. The Morgan fingerprint density at radius 1 is 1.24 bits per heavy atom. The number of benzene rings is 1. The van der Waals surface area contributed by atoms with Gasteiger partial charge in [0.05, 0.1) is 30.2 Å². The van der Waals surface area contributed by atoms with Crippen molar-refractivity contribution in [2.24, 2.45) is 11.8 Å².